The second-order valence-electron chi connectivity index (χ2n) is 9.51. The molecule has 33 heavy (non-hydrogen) atoms. The van der Waals surface area contributed by atoms with Crippen LogP contribution in [0.5, 0.6) is 5.75 Å². The van der Waals surface area contributed by atoms with Gasteiger partial charge in [0.05, 0.1) is 11.0 Å². The van der Waals surface area contributed by atoms with E-state index in [0.717, 1.165) is 13.0 Å². The summed E-state index contributed by atoms with van der Waals surface area (Å²) in [5.74, 6) is -1.27. The largest absolute Gasteiger partial charge is 0.444 e. The first-order valence-corrected chi connectivity index (χ1v) is 11.0. The van der Waals surface area contributed by atoms with Crippen LogP contribution in [0.4, 0.5) is 10.5 Å². The summed E-state index contributed by atoms with van der Waals surface area (Å²) in [6, 6.07) is 2.00. The lowest BCUT2D eigenvalue weighted by molar-refractivity contribution is -0.385. The van der Waals surface area contributed by atoms with E-state index < -0.39 is 28.3 Å². The first-order chi connectivity index (χ1) is 15.2. The van der Waals surface area contributed by atoms with E-state index >= 15 is 0 Å². The lowest BCUT2D eigenvalue weighted by Gasteiger charge is -2.41. The first-order valence-electron chi connectivity index (χ1n) is 11.0. The number of ether oxygens (including phenoxy) is 2. The van der Waals surface area contributed by atoms with E-state index in [0.29, 0.717) is 31.5 Å². The van der Waals surface area contributed by atoms with Gasteiger partial charge < -0.3 is 19.3 Å². The van der Waals surface area contributed by atoms with Crippen LogP contribution in [0.2, 0.25) is 0 Å². The summed E-state index contributed by atoms with van der Waals surface area (Å²) in [5, 5.41) is 11.6. The minimum Gasteiger partial charge on any atom is -0.444 e. The number of benzene rings is 1. The van der Waals surface area contributed by atoms with Gasteiger partial charge in [-0.25, -0.2) is 4.79 Å². The van der Waals surface area contributed by atoms with E-state index in [4.69, 9.17) is 9.47 Å². The van der Waals surface area contributed by atoms with Gasteiger partial charge in [0.25, 0.3) is 5.91 Å². The Bertz CT molecular complexity index is 937. The lowest BCUT2D eigenvalue weighted by atomic mass is 9.99. The van der Waals surface area contributed by atoms with E-state index in [9.17, 15) is 24.5 Å². The van der Waals surface area contributed by atoms with Crippen LogP contribution in [-0.4, -0.2) is 63.5 Å². The number of nitro benzene ring substituents is 1. The van der Waals surface area contributed by atoms with Gasteiger partial charge in [-0.05, 0) is 66.0 Å². The molecule has 2 amide bonds. The topological polar surface area (TPSA) is 119 Å². The van der Waals surface area contributed by atoms with E-state index in [1.165, 1.54) is 6.07 Å². The number of rotatable bonds is 5. The van der Waals surface area contributed by atoms with Crippen molar-refractivity contribution in [3.05, 3.63) is 33.4 Å². The minimum atomic E-state index is -0.690. The van der Waals surface area contributed by atoms with Crippen molar-refractivity contribution in [2.45, 2.75) is 79.0 Å². The van der Waals surface area contributed by atoms with Crippen molar-refractivity contribution in [1.82, 2.24) is 9.80 Å². The molecule has 0 saturated carbocycles. The number of piperidine rings is 1. The molecule has 182 valence electrons. The Morgan fingerprint density at radius 1 is 1.24 bits per heavy atom. The number of carbonyl (C=O) groups excluding carboxylic acids is 3. The summed E-state index contributed by atoms with van der Waals surface area (Å²) in [7, 11) is 0. The number of likely N-dealkylation sites (tertiary alicyclic amines) is 1. The Hall–Kier alpha value is -3.17. The fourth-order valence-corrected chi connectivity index (χ4v) is 3.91. The maximum atomic E-state index is 13.6. The Morgan fingerprint density at radius 3 is 2.39 bits per heavy atom. The third-order valence-corrected chi connectivity index (χ3v) is 5.22. The molecular formula is C23H33N3O7. The minimum absolute atomic E-state index is 0.153. The zero-order chi connectivity index (χ0) is 25.1. The second kappa shape index (κ2) is 10.2. The molecule has 1 aliphatic heterocycles. The maximum absolute atomic E-state index is 13.6. The third-order valence-electron chi connectivity index (χ3n) is 5.22. The summed E-state index contributed by atoms with van der Waals surface area (Å²) in [4.78, 5) is 51.6. The van der Waals surface area contributed by atoms with Gasteiger partial charge in [-0.2, -0.15) is 0 Å². The number of esters is 1. The molecule has 0 bridgehead atoms. The van der Waals surface area contributed by atoms with Gasteiger partial charge in [-0.15, -0.1) is 0 Å². The van der Waals surface area contributed by atoms with Crippen molar-refractivity contribution >= 4 is 23.7 Å². The number of aryl methyl sites for hydroxylation is 1. The number of amides is 2. The van der Waals surface area contributed by atoms with Crippen LogP contribution < -0.4 is 4.74 Å². The molecule has 10 nitrogen and oxygen atoms in total. The molecule has 0 N–H and O–H groups in total. The van der Waals surface area contributed by atoms with Crippen molar-refractivity contribution in [2.24, 2.45) is 0 Å². The Morgan fingerprint density at radius 2 is 1.88 bits per heavy atom. The van der Waals surface area contributed by atoms with Gasteiger partial charge in [-0.3, -0.25) is 19.7 Å². The summed E-state index contributed by atoms with van der Waals surface area (Å²) < 4.78 is 10.4. The lowest BCUT2D eigenvalue weighted by Crippen LogP contribution is -2.54. The molecular weight excluding hydrogens is 430 g/mol. The van der Waals surface area contributed by atoms with Crippen molar-refractivity contribution in [3.63, 3.8) is 0 Å². The summed E-state index contributed by atoms with van der Waals surface area (Å²) in [6.07, 6.45) is 0.960. The van der Waals surface area contributed by atoms with Crippen LogP contribution in [0, 0.1) is 17.0 Å². The molecule has 1 fully saturated rings. The Balaban J connectivity index is 2.37. The highest BCUT2D eigenvalue weighted by molar-refractivity contribution is 5.97. The molecule has 1 heterocycles. The number of nitro groups is 1. The van der Waals surface area contributed by atoms with E-state index in [-0.39, 0.29) is 29.3 Å². The zero-order valence-electron chi connectivity index (χ0n) is 20.3. The van der Waals surface area contributed by atoms with Gasteiger partial charge in [0.15, 0.2) is 0 Å². The van der Waals surface area contributed by atoms with Crippen molar-refractivity contribution in [1.29, 1.82) is 0 Å². The van der Waals surface area contributed by atoms with Crippen molar-refractivity contribution in [3.8, 4) is 5.75 Å². The first kappa shape index (κ1) is 26.1. The smallest absolute Gasteiger partial charge is 0.410 e. The summed E-state index contributed by atoms with van der Waals surface area (Å²) in [6.45, 7) is 12.7. The average molecular weight is 464 g/mol. The number of carbonyl (C=O) groups is 3. The molecule has 0 radical (unpaired) electrons. The standard InChI is InChI=1S/C23H33N3O7/c1-14(2)25(17-9-8-10-24(13-17)22(29)33-23(5,6)7)21(28)18-12-19(26(30)31)20(11-15(18)3)32-16(4)27/h11-12,14,17H,8-10,13H2,1-7H3/t17-/m1/s1. The van der Waals surface area contributed by atoms with Gasteiger partial charge in [-0.1, -0.05) is 0 Å². The SMILES string of the molecule is CC(=O)Oc1cc(C)c(C(=O)N(C(C)C)[C@@H]2CCCN(C(=O)OC(C)(C)C)C2)cc1[N+](=O)[O-]. The van der Waals surface area contributed by atoms with Gasteiger partial charge in [0.2, 0.25) is 5.75 Å². The van der Waals surface area contributed by atoms with Gasteiger partial charge in [0, 0.05) is 37.7 Å². The Kier molecular flexibility index (Phi) is 8.05. The molecule has 1 aliphatic rings. The fourth-order valence-electron chi connectivity index (χ4n) is 3.91. The number of hydrogen-bond acceptors (Lipinski definition) is 7. The molecule has 0 unspecified atom stereocenters. The van der Waals surface area contributed by atoms with Gasteiger partial charge in [0.1, 0.15) is 5.60 Å². The van der Waals surface area contributed by atoms with Crippen LogP contribution in [0.3, 0.4) is 0 Å². The predicted octanol–water partition coefficient (Wildman–Crippen LogP) is 4.08. The molecule has 0 aromatic heterocycles. The molecule has 0 aliphatic carbocycles. The summed E-state index contributed by atoms with van der Waals surface area (Å²) >= 11 is 0. The zero-order valence-corrected chi connectivity index (χ0v) is 20.3. The van der Waals surface area contributed by atoms with E-state index in [2.05, 4.69) is 0 Å². The quantitative estimate of drug-likeness (QED) is 0.279. The molecule has 0 spiro atoms. The normalized spacial score (nSPS) is 16.4. The molecule has 1 aromatic carbocycles. The highest BCUT2D eigenvalue weighted by Gasteiger charge is 2.35. The molecule has 1 saturated heterocycles. The van der Waals surface area contributed by atoms with Crippen molar-refractivity contribution < 1.29 is 28.8 Å². The molecule has 10 heteroatoms. The fraction of sp³-hybridized carbons (Fsp3) is 0.609. The maximum Gasteiger partial charge on any atom is 0.410 e. The average Bonchev–Trinajstić information content (AvgIpc) is 2.66. The molecule has 2 rings (SSSR count). The van der Waals surface area contributed by atoms with Crippen LogP contribution in [0.1, 0.15) is 70.3 Å². The number of hydrogen-bond donors (Lipinski definition) is 0. The predicted molar refractivity (Wildman–Crippen MR) is 121 cm³/mol. The van der Waals surface area contributed by atoms with Crippen LogP contribution >= 0.6 is 0 Å². The van der Waals surface area contributed by atoms with Gasteiger partial charge >= 0.3 is 17.7 Å². The van der Waals surface area contributed by atoms with Crippen molar-refractivity contribution in [2.75, 3.05) is 13.1 Å². The summed E-state index contributed by atoms with van der Waals surface area (Å²) in [5.41, 5.74) is -0.480. The van der Waals surface area contributed by atoms with Crippen LogP contribution in [0.15, 0.2) is 12.1 Å². The monoisotopic (exact) mass is 463 g/mol. The highest BCUT2D eigenvalue weighted by Crippen LogP contribution is 2.32. The van der Waals surface area contributed by atoms with Crippen LogP contribution in [0.25, 0.3) is 0 Å². The van der Waals surface area contributed by atoms with Crippen LogP contribution in [-0.2, 0) is 9.53 Å². The molecule has 1 atom stereocenters. The highest BCUT2D eigenvalue weighted by atomic mass is 16.6. The van der Waals surface area contributed by atoms with E-state index in [1.54, 1.807) is 37.5 Å². The Labute approximate surface area is 194 Å². The third kappa shape index (κ3) is 6.66. The molecule has 1 aromatic rings. The van der Waals surface area contributed by atoms with E-state index in [1.807, 2.05) is 13.8 Å². The second-order valence-corrected chi connectivity index (χ2v) is 9.51. The number of nitrogens with zero attached hydrogens (tertiary/aromatic N) is 3.